The van der Waals surface area contributed by atoms with Gasteiger partial charge >= 0.3 is 16.5 Å². The van der Waals surface area contributed by atoms with Crippen molar-refractivity contribution in [1.29, 1.82) is 0 Å². The summed E-state index contributed by atoms with van der Waals surface area (Å²) in [6.45, 7) is 0. The van der Waals surface area contributed by atoms with E-state index in [1.54, 1.807) is 0 Å². The van der Waals surface area contributed by atoms with E-state index >= 15 is 0 Å². The van der Waals surface area contributed by atoms with Crippen molar-refractivity contribution in [3.05, 3.63) is 0 Å². The summed E-state index contributed by atoms with van der Waals surface area (Å²) in [4.78, 5) is 0. The zero-order valence-electron chi connectivity index (χ0n) is 7.28. The highest BCUT2D eigenvalue weighted by Gasteiger charge is 2.41. The van der Waals surface area contributed by atoms with E-state index in [-0.39, 0.29) is 0 Å². The minimum absolute atomic E-state index is 0.530. The molecular formula is C4H2F9NS3. The Morgan fingerprint density at radius 2 is 1.00 bits per heavy atom. The average molecular weight is 331 g/mol. The fourth-order valence-electron chi connectivity index (χ4n) is 0.428. The zero-order chi connectivity index (χ0) is 13.9. The first-order valence-electron chi connectivity index (χ1n) is 3.28. The lowest BCUT2D eigenvalue weighted by molar-refractivity contribution is -0.0396. The molecule has 0 radical (unpaired) electrons. The Bertz CT molecular complexity index is 216. The first-order chi connectivity index (χ1) is 7.29. The van der Waals surface area contributed by atoms with E-state index in [0.29, 0.717) is 0 Å². The summed E-state index contributed by atoms with van der Waals surface area (Å²) < 4.78 is 105. The number of thioether (sulfide) groups is 1. The van der Waals surface area contributed by atoms with Crippen LogP contribution in [0.15, 0.2) is 0 Å². The van der Waals surface area contributed by atoms with Gasteiger partial charge in [0.1, 0.15) is 0 Å². The summed E-state index contributed by atoms with van der Waals surface area (Å²) in [5.74, 6) is -1.50. The number of hydrogen-bond donors (Lipinski definition) is 0. The van der Waals surface area contributed by atoms with E-state index in [4.69, 9.17) is 0 Å². The normalized spacial score (nSPS) is 14.5. The van der Waals surface area contributed by atoms with Crippen LogP contribution in [0.1, 0.15) is 0 Å². The molecule has 0 atom stereocenters. The topological polar surface area (TPSA) is 3.24 Å². The Kier molecular flexibility index (Phi) is 6.15. The Morgan fingerprint density at radius 3 is 1.24 bits per heavy atom. The van der Waals surface area contributed by atoms with Gasteiger partial charge in [-0.05, 0) is 11.8 Å². The third kappa shape index (κ3) is 12.6. The van der Waals surface area contributed by atoms with Crippen LogP contribution in [0.4, 0.5) is 39.5 Å². The van der Waals surface area contributed by atoms with Crippen molar-refractivity contribution in [2.24, 2.45) is 0 Å². The van der Waals surface area contributed by atoms with Crippen molar-refractivity contribution in [3.8, 4) is 0 Å². The number of nitrogens with zero attached hydrogens (tertiary/aromatic N) is 1. The second-order valence-electron chi connectivity index (χ2n) is 2.13. The molecule has 104 valence electrons. The molecule has 0 N–H and O–H groups in total. The molecule has 0 rings (SSSR count). The van der Waals surface area contributed by atoms with Crippen LogP contribution in [0.2, 0.25) is 0 Å². The van der Waals surface area contributed by atoms with Crippen molar-refractivity contribution >= 4 is 35.7 Å². The van der Waals surface area contributed by atoms with Gasteiger partial charge in [0.25, 0.3) is 0 Å². The van der Waals surface area contributed by atoms with E-state index < -0.39 is 61.8 Å². The largest absolute Gasteiger partial charge is 0.457 e. The standard InChI is InChI=1S/C4H2F9NS3/c5-2(6,7)15-1-14(16-3(8,9)10)17-4(11,12)13/h1H2. The van der Waals surface area contributed by atoms with Crippen LogP contribution in [0, 0.1) is 0 Å². The average Bonchev–Trinajstić information content (AvgIpc) is 1.92. The fourth-order valence-corrected chi connectivity index (χ4v) is 2.54. The molecule has 1 nitrogen and oxygen atoms in total. The highest BCUT2D eigenvalue weighted by Crippen LogP contribution is 2.46. The van der Waals surface area contributed by atoms with E-state index in [1.165, 1.54) is 0 Å². The van der Waals surface area contributed by atoms with Crippen molar-refractivity contribution < 1.29 is 39.5 Å². The Hall–Kier alpha value is 0.380. The van der Waals surface area contributed by atoms with Crippen molar-refractivity contribution in [2.75, 3.05) is 5.88 Å². The Balaban J connectivity index is 4.42. The molecular weight excluding hydrogens is 329 g/mol. The highest BCUT2D eigenvalue weighted by atomic mass is 32.2. The lowest BCUT2D eigenvalue weighted by Crippen LogP contribution is -2.21. The van der Waals surface area contributed by atoms with Gasteiger partial charge in [-0.15, -0.1) is 0 Å². The highest BCUT2D eigenvalue weighted by molar-refractivity contribution is 8.14. The monoisotopic (exact) mass is 331 g/mol. The van der Waals surface area contributed by atoms with E-state index in [0.717, 1.165) is 0 Å². The first-order valence-corrected chi connectivity index (χ1v) is 5.82. The van der Waals surface area contributed by atoms with Crippen LogP contribution in [0.25, 0.3) is 0 Å². The molecule has 0 aromatic rings. The van der Waals surface area contributed by atoms with Gasteiger partial charge in [0, 0.05) is 23.9 Å². The maximum atomic E-state index is 11.8. The van der Waals surface area contributed by atoms with Crippen LogP contribution in [0.5, 0.6) is 0 Å². The van der Waals surface area contributed by atoms with Crippen molar-refractivity contribution in [1.82, 2.24) is 3.71 Å². The van der Waals surface area contributed by atoms with E-state index in [9.17, 15) is 39.5 Å². The number of hydrogen-bond acceptors (Lipinski definition) is 4. The lowest BCUT2D eigenvalue weighted by atomic mass is 11.5. The SMILES string of the molecule is FC(F)(F)SCN(SC(F)(F)F)SC(F)(F)F. The van der Waals surface area contributed by atoms with Crippen molar-refractivity contribution in [2.45, 2.75) is 16.5 Å². The molecule has 0 heterocycles. The molecule has 0 aromatic carbocycles. The number of rotatable bonds is 4. The molecule has 0 aromatic heterocycles. The minimum atomic E-state index is -5.09. The molecule has 0 saturated heterocycles. The number of halogens is 9. The molecule has 0 aliphatic heterocycles. The Morgan fingerprint density at radius 1 is 0.647 bits per heavy atom. The predicted octanol–water partition coefficient (Wildman–Crippen LogP) is 4.83. The lowest BCUT2D eigenvalue weighted by Gasteiger charge is -2.21. The number of alkyl halides is 9. The van der Waals surface area contributed by atoms with Crippen LogP contribution in [-0.4, -0.2) is 26.1 Å². The van der Waals surface area contributed by atoms with E-state index in [1.807, 2.05) is 0 Å². The van der Waals surface area contributed by atoms with Crippen molar-refractivity contribution in [3.63, 3.8) is 0 Å². The molecule has 0 bridgehead atoms. The molecule has 13 heteroatoms. The third-order valence-electron chi connectivity index (χ3n) is 0.744. The quantitative estimate of drug-likeness (QED) is 0.412. The summed E-state index contributed by atoms with van der Waals surface area (Å²) in [6.07, 6.45) is 0. The molecule has 0 aliphatic rings. The second kappa shape index (κ2) is 6.02. The van der Waals surface area contributed by atoms with Gasteiger partial charge in [-0.2, -0.15) is 43.2 Å². The molecule has 0 saturated carbocycles. The van der Waals surface area contributed by atoms with Gasteiger partial charge in [-0.1, -0.05) is 0 Å². The van der Waals surface area contributed by atoms with Gasteiger partial charge in [-0.25, -0.2) is 0 Å². The fraction of sp³-hybridized carbons (Fsp3) is 1.00. The second-order valence-corrected chi connectivity index (χ2v) is 5.54. The van der Waals surface area contributed by atoms with Crippen LogP contribution < -0.4 is 0 Å². The summed E-state index contributed by atoms with van der Waals surface area (Å²) in [7, 11) is 0. The van der Waals surface area contributed by atoms with Crippen LogP contribution in [0.3, 0.4) is 0 Å². The molecule has 0 unspecified atom stereocenters. The van der Waals surface area contributed by atoms with Gasteiger partial charge in [0.05, 0.1) is 5.88 Å². The van der Waals surface area contributed by atoms with Gasteiger partial charge in [0.2, 0.25) is 0 Å². The van der Waals surface area contributed by atoms with Crippen LogP contribution in [-0.2, 0) is 0 Å². The van der Waals surface area contributed by atoms with E-state index in [2.05, 4.69) is 0 Å². The maximum absolute atomic E-state index is 11.8. The minimum Gasteiger partial charge on any atom is -0.169 e. The smallest absolute Gasteiger partial charge is 0.169 e. The summed E-state index contributed by atoms with van der Waals surface area (Å²) in [6, 6.07) is 0. The molecule has 17 heavy (non-hydrogen) atoms. The maximum Gasteiger partial charge on any atom is 0.457 e. The predicted molar refractivity (Wildman–Crippen MR) is 47.6 cm³/mol. The van der Waals surface area contributed by atoms with Crippen LogP contribution >= 0.6 is 35.7 Å². The van der Waals surface area contributed by atoms with Gasteiger partial charge in [-0.3, -0.25) is 0 Å². The summed E-state index contributed by atoms with van der Waals surface area (Å²) in [5.41, 5.74) is -15.1. The first kappa shape index (κ1) is 17.4. The third-order valence-corrected chi connectivity index (χ3v) is 3.31. The molecule has 0 amide bonds. The molecule has 0 aliphatic carbocycles. The summed E-state index contributed by atoms with van der Waals surface area (Å²) in [5, 5.41) is 0. The molecule has 0 fully saturated rings. The van der Waals surface area contributed by atoms with Gasteiger partial charge < -0.3 is 0 Å². The Labute approximate surface area is 102 Å². The molecule has 0 spiro atoms. The zero-order valence-corrected chi connectivity index (χ0v) is 9.73. The van der Waals surface area contributed by atoms with Gasteiger partial charge in [0.15, 0.2) is 0 Å². The summed E-state index contributed by atoms with van der Waals surface area (Å²) >= 11 is -3.54.